The normalized spacial score (nSPS) is 14.7. The van der Waals surface area contributed by atoms with Gasteiger partial charge in [-0.05, 0) is 19.3 Å². The van der Waals surface area contributed by atoms with E-state index in [2.05, 4.69) is 13.8 Å². The Kier molecular flexibility index (Phi) is 13.3. The number of nitrogens with two attached hydrogens (primary N) is 2. The van der Waals surface area contributed by atoms with Crippen molar-refractivity contribution in [3.63, 3.8) is 0 Å². The molecule has 0 saturated carbocycles. The van der Waals surface area contributed by atoms with Crippen LogP contribution in [0.4, 0.5) is 0 Å². The van der Waals surface area contributed by atoms with Crippen LogP contribution in [-0.2, 0) is 0 Å². The summed E-state index contributed by atoms with van der Waals surface area (Å²) in [5.74, 6) is 0. The summed E-state index contributed by atoms with van der Waals surface area (Å²) in [6.45, 7) is 6.08. The van der Waals surface area contributed by atoms with Gasteiger partial charge in [0, 0.05) is 12.1 Å². The summed E-state index contributed by atoms with van der Waals surface area (Å²) >= 11 is 0. The van der Waals surface area contributed by atoms with Crippen LogP contribution in [0.3, 0.4) is 0 Å². The fourth-order valence-electron chi connectivity index (χ4n) is 2.34. The second-order valence-corrected chi connectivity index (χ2v) is 5.66. The lowest BCUT2D eigenvalue weighted by molar-refractivity contribution is 0.469. The molecular weight excluding hydrogens is 220 g/mol. The highest BCUT2D eigenvalue weighted by atomic mass is 14.7. The SMILES string of the molecule is [CH2]CC(N)CC(N)CCCCCCCCCCC. The first kappa shape index (κ1) is 17.9. The van der Waals surface area contributed by atoms with Crippen LogP contribution < -0.4 is 11.5 Å². The van der Waals surface area contributed by atoms with E-state index < -0.39 is 0 Å². The molecule has 2 nitrogen and oxygen atoms in total. The largest absolute Gasteiger partial charge is 0.328 e. The fraction of sp³-hybridized carbons (Fsp3) is 0.938. The van der Waals surface area contributed by atoms with Gasteiger partial charge in [0.1, 0.15) is 0 Å². The molecule has 0 aliphatic heterocycles. The molecule has 0 saturated heterocycles. The molecule has 0 rings (SSSR count). The number of rotatable bonds is 13. The van der Waals surface area contributed by atoms with Crippen molar-refractivity contribution >= 4 is 0 Å². The molecule has 18 heavy (non-hydrogen) atoms. The standard InChI is InChI=1S/C16H35N2/c1-3-5-6-7-8-9-10-11-12-13-16(18)14-15(17)4-2/h15-16H,2-14,17-18H2,1H3. The molecule has 0 heterocycles. The van der Waals surface area contributed by atoms with Crippen molar-refractivity contribution in [2.75, 3.05) is 0 Å². The molecule has 2 atom stereocenters. The third-order valence-corrected chi connectivity index (χ3v) is 3.65. The van der Waals surface area contributed by atoms with Crippen molar-refractivity contribution in [2.24, 2.45) is 11.5 Å². The minimum Gasteiger partial charge on any atom is -0.328 e. The van der Waals surface area contributed by atoms with Crippen LogP contribution in [0.1, 0.15) is 84.0 Å². The third kappa shape index (κ3) is 12.4. The van der Waals surface area contributed by atoms with Crippen molar-refractivity contribution in [3.05, 3.63) is 6.92 Å². The zero-order valence-corrected chi connectivity index (χ0v) is 12.5. The molecule has 0 aromatic rings. The molecule has 0 amide bonds. The zero-order chi connectivity index (χ0) is 13.6. The van der Waals surface area contributed by atoms with E-state index in [-0.39, 0.29) is 12.1 Å². The zero-order valence-electron chi connectivity index (χ0n) is 12.5. The van der Waals surface area contributed by atoms with Gasteiger partial charge < -0.3 is 11.5 Å². The highest BCUT2D eigenvalue weighted by Gasteiger charge is 2.07. The van der Waals surface area contributed by atoms with E-state index >= 15 is 0 Å². The van der Waals surface area contributed by atoms with Gasteiger partial charge in [0.05, 0.1) is 0 Å². The van der Waals surface area contributed by atoms with Crippen LogP contribution in [0.15, 0.2) is 0 Å². The summed E-state index contributed by atoms with van der Waals surface area (Å²) in [5, 5.41) is 0. The Morgan fingerprint density at radius 2 is 1.28 bits per heavy atom. The first-order valence-electron chi connectivity index (χ1n) is 8.01. The second kappa shape index (κ2) is 13.4. The van der Waals surface area contributed by atoms with Gasteiger partial charge >= 0.3 is 0 Å². The van der Waals surface area contributed by atoms with E-state index in [1.165, 1.54) is 57.8 Å². The summed E-state index contributed by atoms with van der Waals surface area (Å²) in [6.07, 6.45) is 15.2. The van der Waals surface area contributed by atoms with Crippen molar-refractivity contribution in [3.8, 4) is 0 Å². The molecule has 2 unspecified atom stereocenters. The Hall–Kier alpha value is -0.0800. The quantitative estimate of drug-likeness (QED) is 0.485. The van der Waals surface area contributed by atoms with Gasteiger partial charge in [-0.2, -0.15) is 0 Å². The van der Waals surface area contributed by atoms with E-state index in [9.17, 15) is 0 Å². The molecule has 0 aliphatic rings. The Balaban J connectivity index is 3.15. The Morgan fingerprint density at radius 3 is 1.78 bits per heavy atom. The highest BCUT2D eigenvalue weighted by molar-refractivity contribution is 4.71. The van der Waals surface area contributed by atoms with Crippen LogP contribution in [0, 0.1) is 6.92 Å². The summed E-state index contributed by atoms with van der Waals surface area (Å²) in [5.41, 5.74) is 11.9. The molecule has 0 spiro atoms. The van der Waals surface area contributed by atoms with Gasteiger partial charge in [-0.1, -0.05) is 71.6 Å². The van der Waals surface area contributed by atoms with Crippen molar-refractivity contribution in [1.82, 2.24) is 0 Å². The predicted octanol–water partition coefficient (Wildman–Crippen LogP) is 4.18. The minimum absolute atomic E-state index is 0.193. The van der Waals surface area contributed by atoms with E-state index in [1.54, 1.807) is 0 Å². The van der Waals surface area contributed by atoms with Crippen LogP contribution in [0.2, 0.25) is 0 Å². The van der Waals surface area contributed by atoms with Gasteiger partial charge in [-0.25, -0.2) is 0 Å². The molecule has 2 heteroatoms. The average Bonchev–Trinajstić information content (AvgIpc) is 2.36. The second-order valence-electron chi connectivity index (χ2n) is 5.66. The molecule has 4 N–H and O–H groups in total. The molecule has 109 valence electrons. The van der Waals surface area contributed by atoms with Crippen LogP contribution in [0.25, 0.3) is 0 Å². The highest BCUT2D eigenvalue weighted by Crippen LogP contribution is 2.12. The Bertz CT molecular complexity index is 159. The van der Waals surface area contributed by atoms with Crippen molar-refractivity contribution < 1.29 is 0 Å². The topological polar surface area (TPSA) is 52.0 Å². The summed E-state index contributed by atoms with van der Waals surface area (Å²) in [6, 6.07) is 0.477. The molecule has 0 aromatic heterocycles. The first-order chi connectivity index (χ1) is 8.70. The summed E-state index contributed by atoms with van der Waals surface area (Å²) in [4.78, 5) is 0. The van der Waals surface area contributed by atoms with Crippen LogP contribution in [0.5, 0.6) is 0 Å². The number of hydrogen-bond donors (Lipinski definition) is 2. The smallest absolute Gasteiger partial charge is 0.00535 e. The Labute approximate surface area is 115 Å². The molecular formula is C16H35N2. The fourth-order valence-corrected chi connectivity index (χ4v) is 2.34. The maximum Gasteiger partial charge on any atom is 0.00535 e. The molecule has 0 fully saturated rings. The van der Waals surface area contributed by atoms with E-state index in [4.69, 9.17) is 11.5 Å². The summed E-state index contributed by atoms with van der Waals surface area (Å²) in [7, 11) is 0. The predicted molar refractivity (Wildman–Crippen MR) is 82.4 cm³/mol. The van der Waals surface area contributed by atoms with Crippen molar-refractivity contribution in [2.45, 2.75) is 96.1 Å². The van der Waals surface area contributed by atoms with E-state index in [0.717, 1.165) is 19.3 Å². The van der Waals surface area contributed by atoms with Gasteiger partial charge in [-0.15, -0.1) is 0 Å². The van der Waals surface area contributed by atoms with Crippen LogP contribution in [-0.4, -0.2) is 12.1 Å². The Morgan fingerprint density at radius 1 is 0.778 bits per heavy atom. The van der Waals surface area contributed by atoms with Gasteiger partial charge in [0.2, 0.25) is 0 Å². The number of hydrogen-bond acceptors (Lipinski definition) is 2. The lowest BCUT2D eigenvalue weighted by Gasteiger charge is -2.15. The van der Waals surface area contributed by atoms with E-state index in [1.807, 2.05) is 0 Å². The summed E-state index contributed by atoms with van der Waals surface area (Å²) < 4.78 is 0. The van der Waals surface area contributed by atoms with Crippen LogP contribution >= 0.6 is 0 Å². The minimum atomic E-state index is 0.193. The first-order valence-corrected chi connectivity index (χ1v) is 8.01. The third-order valence-electron chi connectivity index (χ3n) is 3.65. The van der Waals surface area contributed by atoms with E-state index in [0.29, 0.717) is 0 Å². The maximum absolute atomic E-state index is 6.04. The molecule has 0 aliphatic carbocycles. The monoisotopic (exact) mass is 255 g/mol. The lowest BCUT2D eigenvalue weighted by Crippen LogP contribution is -2.30. The lowest BCUT2D eigenvalue weighted by atomic mass is 10.00. The van der Waals surface area contributed by atoms with Crippen molar-refractivity contribution in [1.29, 1.82) is 0 Å². The van der Waals surface area contributed by atoms with Gasteiger partial charge in [0.25, 0.3) is 0 Å². The van der Waals surface area contributed by atoms with Gasteiger partial charge in [0.15, 0.2) is 0 Å². The average molecular weight is 255 g/mol. The van der Waals surface area contributed by atoms with Gasteiger partial charge in [-0.3, -0.25) is 0 Å². The number of unbranched alkanes of at least 4 members (excludes halogenated alkanes) is 8. The molecule has 0 bridgehead atoms. The molecule has 0 aromatic carbocycles. The molecule has 1 radical (unpaired) electrons. The maximum atomic E-state index is 6.04.